The molecule has 0 bridgehead atoms. The molecule has 0 spiro atoms. The molecule has 0 amide bonds. The predicted molar refractivity (Wildman–Crippen MR) is 65.4 cm³/mol. The van der Waals surface area contributed by atoms with Crippen molar-refractivity contribution in [3.8, 4) is 6.07 Å². The minimum Gasteiger partial charge on any atom is -0.373 e. The molecule has 16 heavy (non-hydrogen) atoms. The van der Waals surface area contributed by atoms with Gasteiger partial charge in [0, 0.05) is 13.6 Å². The Balaban J connectivity index is 2.47. The maximum absolute atomic E-state index is 8.64. The quantitative estimate of drug-likeness (QED) is 0.748. The second-order valence-electron chi connectivity index (χ2n) is 4.09. The van der Waals surface area contributed by atoms with Gasteiger partial charge < -0.3 is 9.80 Å². The lowest BCUT2D eigenvalue weighted by molar-refractivity contribution is 0.401. The topological polar surface area (TPSA) is 43.2 Å². The molecule has 1 heterocycles. The van der Waals surface area contributed by atoms with Crippen LogP contribution >= 0.6 is 0 Å². The smallest absolute Gasteiger partial charge is 0.140 e. The summed E-state index contributed by atoms with van der Waals surface area (Å²) in [5.74, 6) is 0. The number of aromatic nitrogens is 1. The van der Waals surface area contributed by atoms with Gasteiger partial charge in [-0.15, -0.1) is 0 Å². The van der Waals surface area contributed by atoms with Gasteiger partial charge in [0.25, 0.3) is 0 Å². The molecule has 0 radical (unpaired) electrons. The van der Waals surface area contributed by atoms with Crippen LogP contribution in [0.5, 0.6) is 0 Å². The summed E-state index contributed by atoms with van der Waals surface area (Å²) < 4.78 is 0. The van der Waals surface area contributed by atoms with E-state index in [-0.39, 0.29) is 0 Å². The number of nitriles is 1. The van der Waals surface area contributed by atoms with E-state index in [1.165, 1.54) is 0 Å². The Morgan fingerprint density at radius 1 is 1.25 bits per heavy atom. The van der Waals surface area contributed by atoms with Gasteiger partial charge in [0.15, 0.2) is 0 Å². The highest BCUT2D eigenvalue weighted by Gasteiger charge is 2.01. The Morgan fingerprint density at radius 2 is 2.00 bits per heavy atom. The lowest BCUT2D eigenvalue weighted by Gasteiger charge is -2.19. The minimum absolute atomic E-state index is 0.463. The summed E-state index contributed by atoms with van der Waals surface area (Å²) >= 11 is 0. The fourth-order valence-electron chi connectivity index (χ4n) is 1.43. The normalized spacial score (nSPS) is 10.2. The van der Waals surface area contributed by atoms with Gasteiger partial charge in [-0.25, -0.2) is 4.98 Å². The molecule has 0 unspecified atom stereocenters. The molecule has 4 heteroatoms. The van der Waals surface area contributed by atoms with Gasteiger partial charge in [-0.3, -0.25) is 0 Å². The van der Waals surface area contributed by atoms with E-state index in [1.807, 2.05) is 19.2 Å². The van der Waals surface area contributed by atoms with E-state index in [9.17, 15) is 0 Å². The number of hydrogen-bond donors (Lipinski definition) is 0. The summed E-state index contributed by atoms with van der Waals surface area (Å²) in [4.78, 5) is 8.37. The summed E-state index contributed by atoms with van der Waals surface area (Å²) in [5.41, 5.74) is 1.52. The highest BCUT2D eigenvalue weighted by molar-refractivity contribution is 5.44. The zero-order valence-corrected chi connectivity index (χ0v) is 10.1. The van der Waals surface area contributed by atoms with Crippen LogP contribution < -0.4 is 4.90 Å². The van der Waals surface area contributed by atoms with E-state index in [4.69, 9.17) is 5.26 Å². The maximum atomic E-state index is 8.64. The molecular formula is C12H18N4. The summed E-state index contributed by atoms with van der Waals surface area (Å²) in [6, 6.07) is 5.69. The van der Waals surface area contributed by atoms with E-state index in [1.54, 1.807) is 12.3 Å². The molecule has 0 saturated heterocycles. The molecule has 1 rings (SSSR count). The van der Waals surface area contributed by atoms with Gasteiger partial charge >= 0.3 is 0 Å². The third-order valence-electron chi connectivity index (χ3n) is 2.40. The van der Waals surface area contributed by atoms with Crippen molar-refractivity contribution in [3.63, 3.8) is 0 Å². The van der Waals surface area contributed by atoms with Gasteiger partial charge in [0.1, 0.15) is 11.8 Å². The lowest BCUT2D eigenvalue weighted by atomic mass is 10.3. The van der Waals surface area contributed by atoms with Gasteiger partial charge in [0.2, 0.25) is 0 Å². The summed E-state index contributed by atoms with van der Waals surface area (Å²) in [7, 11) is 6.19. The number of anilines is 1. The van der Waals surface area contributed by atoms with Gasteiger partial charge in [0.05, 0.1) is 11.9 Å². The Hall–Kier alpha value is -1.60. The van der Waals surface area contributed by atoms with E-state index in [0.717, 1.165) is 25.2 Å². The van der Waals surface area contributed by atoms with Crippen LogP contribution in [-0.2, 0) is 0 Å². The largest absolute Gasteiger partial charge is 0.373 e. The van der Waals surface area contributed by atoms with Crippen LogP contribution in [0.1, 0.15) is 12.1 Å². The molecule has 0 aliphatic carbocycles. The summed E-state index contributed by atoms with van der Waals surface area (Å²) in [6.07, 6.45) is 2.86. The fourth-order valence-corrected chi connectivity index (χ4v) is 1.43. The van der Waals surface area contributed by atoms with Crippen LogP contribution in [0, 0.1) is 11.3 Å². The third-order valence-corrected chi connectivity index (χ3v) is 2.40. The number of pyridine rings is 1. The van der Waals surface area contributed by atoms with Crippen molar-refractivity contribution in [2.75, 3.05) is 39.1 Å². The summed E-state index contributed by atoms with van der Waals surface area (Å²) in [6.45, 7) is 2.07. The Labute approximate surface area is 97.1 Å². The monoisotopic (exact) mass is 218 g/mol. The van der Waals surface area contributed by atoms with Gasteiger partial charge in [-0.05, 0) is 39.2 Å². The molecular weight excluding hydrogens is 200 g/mol. The van der Waals surface area contributed by atoms with E-state index in [0.29, 0.717) is 5.69 Å². The number of rotatable bonds is 5. The van der Waals surface area contributed by atoms with Crippen LogP contribution in [0.15, 0.2) is 18.3 Å². The Morgan fingerprint density at radius 3 is 2.50 bits per heavy atom. The first-order valence-corrected chi connectivity index (χ1v) is 5.35. The molecule has 0 saturated carbocycles. The summed E-state index contributed by atoms with van der Waals surface area (Å²) in [5, 5.41) is 8.64. The SMILES string of the molecule is CN(C)CCCN(C)c1ccc(C#N)nc1. The van der Waals surface area contributed by atoms with Crippen LogP contribution in [0.4, 0.5) is 5.69 Å². The van der Waals surface area contributed by atoms with Crippen molar-refractivity contribution in [1.82, 2.24) is 9.88 Å². The van der Waals surface area contributed by atoms with Crippen LogP contribution in [0.25, 0.3) is 0 Å². The van der Waals surface area contributed by atoms with E-state index < -0.39 is 0 Å². The number of hydrogen-bond acceptors (Lipinski definition) is 4. The first-order chi connectivity index (χ1) is 7.63. The highest BCUT2D eigenvalue weighted by atomic mass is 15.1. The molecule has 0 atom stereocenters. The first kappa shape index (κ1) is 12.5. The van der Waals surface area contributed by atoms with Crippen LogP contribution in [-0.4, -0.2) is 44.1 Å². The molecule has 0 N–H and O–H groups in total. The molecule has 1 aromatic heterocycles. The average Bonchev–Trinajstić information content (AvgIpc) is 2.28. The molecule has 4 nitrogen and oxygen atoms in total. The second-order valence-corrected chi connectivity index (χ2v) is 4.09. The third kappa shape index (κ3) is 3.87. The lowest BCUT2D eigenvalue weighted by Crippen LogP contribution is -2.23. The predicted octanol–water partition coefficient (Wildman–Crippen LogP) is 1.34. The van der Waals surface area contributed by atoms with Crippen molar-refractivity contribution in [2.45, 2.75) is 6.42 Å². The van der Waals surface area contributed by atoms with Crippen molar-refractivity contribution in [2.24, 2.45) is 0 Å². The average molecular weight is 218 g/mol. The minimum atomic E-state index is 0.463. The zero-order valence-electron chi connectivity index (χ0n) is 10.1. The molecule has 0 aromatic carbocycles. The van der Waals surface area contributed by atoms with Crippen molar-refractivity contribution >= 4 is 5.69 Å². The Bertz CT molecular complexity index is 350. The molecule has 0 aliphatic heterocycles. The standard InChI is InChI=1S/C12H18N4/c1-15(2)7-4-8-16(3)12-6-5-11(9-13)14-10-12/h5-6,10H,4,7-8H2,1-3H3. The van der Waals surface area contributed by atoms with Gasteiger partial charge in [-0.2, -0.15) is 5.26 Å². The van der Waals surface area contributed by atoms with Crippen molar-refractivity contribution < 1.29 is 0 Å². The fraction of sp³-hybridized carbons (Fsp3) is 0.500. The number of nitrogens with zero attached hydrogens (tertiary/aromatic N) is 4. The second kappa shape index (κ2) is 6.09. The molecule has 86 valence electrons. The highest BCUT2D eigenvalue weighted by Crippen LogP contribution is 2.11. The van der Waals surface area contributed by atoms with Crippen LogP contribution in [0.2, 0.25) is 0 Å². The molecule has 1 aromatic rings. The van der Waals surface area contributed by atoms with Crippen molar-refractivity contribution in [1.29, 1.82) is 5.26 Å². The zero-order chi connectivity index (χ0) is 12.0. The van der Waals surface area contributed by atoms with Gasteiger partial charge in [-0.1, -0.05) is 0 Å². The van der Waals surface area contributed by atoms with Crippen LogP contribution in [0.3, 0.4) is 0 Å². The molecule has 0 aliphatic rings. The van der Waals surface area contributed by atoms with E-state index in [2.05, 4.69) is 28.9 Å². The van der Waals surface area contributed by atoms with Crippen molar-refractivity contribution in [3.05, 3.63) is 24.0 Å². The Kier molecular flexibility index (Phi) is 4.74. The first-order valence-electron chi connectivity index (χ1n) is 5.35. The van der Waals surface area contributed by atoms with E-state index >= 15 is 0 Å². The maximum Gasteiger partial charge on any atom is 0.140 e. The molecule has 0 fully saturated rings.